The van der Waals surface area contributed by atoms with Crippen LogP contribution in [0.4, 0.5) is 0 Å². The SMILES string of the molecule is CC(C)C1CC2OCCC2C(=O)N1C. The Balaban J connectivity index is 2.15. The minimum Gasteiger partial charge on any atom is -0.377 e. The lowest BCUT2D eigenvalue weighted by Crippen LogP contribution is -2.52. The minimum absolute atomic E-state index is 0.148. The van der Waals surface area contributed by atoms with E-state index in [1.807, 2.05) is 11.9 Å². The highest BCUT2D eigenvalue weighted by atomic mass is 16.5. The first-order valence-electron chi connectivity index (χ1n) is 5.49. The summed E-state index contributed by atoms with van der Waals surface area (Å²) in [6, 6.07) is 0.363. The van der Waals surface area contributed by atoms with E-state index in [1.54, 1.807) is 0 Å². The molecule has 14 heavy (non-hydrogen) atoms. The molecule has 2 aliphatic heterocycles. The highest BCUT2D eigenvalue weighted by molar-refractivity contribution is 5.80. The number of ether oxygens (including phenoxy) is 1. The molecular weight excluding hydrogens is 178 g/mol. The first-order chi connectivity index (χ1) is 6.61. The van der Waals surface area contributed by atoms with Crippen LogP contribution in [0.3, 0.4) is 0 Å². The number of rotatable bonds is 1. The van der Waals surface area contributed by atoms with Crippen LogP contribution in [0.1, 0.15) is 26.7 Å². The molecule has 1 amide bonds. The van der Waals surface area contributed by atoms with E-state index in [9.17, 15) is 4.79 Å². The zero-order chi connectivity index (χ0) is 10.3. The molecule has 0 saturated carbocycles. The highest BCUT2D eigenvalue weighted by Gasteiger charge is 2.44. The lowest BCUT2D eigenvalue weighted by atomic mass is 9.85. The molecule has 0 bridgehead atoms. The molecule has 80 valence electrons. The number of carbonyl (C=O) groups is 1. The summed E-state index contributed by atoms with van der Waals surface area (Å²) >= 11 is 0. The molecular formula is C11H19NO2. The summed E-state index contributed by atoms with van der Waals surface area (Å²) in [5, 5.41) is 0. The van der Waals surface area contributed by atoms with Crippen LogP contribution in [-0.2, 0) is 9.53 Å². The smallest absolute Gasteiger partial charge is 0.228 e. The van der Waals surface area contributed by atoms with Gasteiger partial charge >= 0.3 is 0 Å². The maximum absolute atomic E-state index is 12.0. The fourth-order valence-electron chi connectivity index (χ4n) is 2.70. The van der Waals surface area contributed by atoms with Crippen molar-refractivity contribution in [2.75, 3.05) is 13.7 Å². The van der Waals surface area contributed by atoms with E-state index in [0.29, 0.717) is 12.0 Å². The van der Waals surface area contributed by atoms with Gasteiger partial charge in [-0.15, -0.1) is 0 Å². The molecule has 2 aliphatic rings. The molecule has 0 N–H and O–H groups in total. The van der Waals surface area contributed by atoms with Crippen molar-refractivity contribution in [1.29, 1.82) is 0 Å². The van der Waals surface area contributed by atoms with E-state index in [-0.39, 0.29) is 17.9 Å². The standard InChI is InChI=1S/C11H19NO2/c1-7(2)9-6-10-8(4-5-14-10)11(13)12(9)3/h7-10H,4-6H2,1-3H3. The number of fused-ring (bicyclic) bond motifs is 1. The predicted molar refractivity (Wildman–Crippen MR) is 53.9 cm³/mol. The van der Waals surface area contributed by atoms with Crippen molar-refractivity contribution in [2.45, 2.75) is 38.8 Å². The Kier molecular flexibility index (Phi) is 2.52. The summed E-state index contributed by atoms with van der Waals surface area (Å²) in [4.78, 5) is 13.9. The minimum atomic E-state index is 0.148. The van der Waals surface area contributed by atoms with E-state index < -0.39 is 0 Å². The van der Waals surface area contributed by atoms with Gasteiger partial charge in [0, 0.05) is 19.7 Å². The Morgan fingerprint density at radius 2 is 2.21 bits per heavy atom. The van der Waals surface area contributed by atoms with Crippen LogP contribution in [0, 0.1) is 11.8 Å². The Labute approximate surface area is 85.4 Å². The van der Waals surface area contributed by atoms with Crippen LogP contribution in [0.15, 0.2) is 0 Å². The second kappa shape index (κ2) is 3.54. The van der Waals surface area contributed by atoms with Gasteiger partial charge in [0.25, 0.3) is 0 Å². The monoisotopic (exact) mass is 197 g/mol. The largest absolute Gasteiger partial charge is 0.377 e. The molecule has 0 radical (unpaired) electrons. The van der Waals surface area contributed by atoms with Crippen LogP contribution in [0.25, 0.3) is 0 Å². The molecule has 3 nitrogen and oxygen atoms in total. The summed E-state index contributed by atoms with van der Waals surface area (Å²) in [5.41, 5.74) is 0. The van der Waals surface area contributed by atoms with Gasteiger partial charge in [-0.1, -0.05) is 13.8 Å². The maximum Gasteiger partial charge on any atom is 0.228 e. The topological polar surface area (TPSA) is 29.5 Å². The summed E-state index contributed by atoms with van der Waals surface area (Å²) in [6.45, 7) is 5.10. The lowest BCUT2D eigenvalue weighted by Gasteiger charge is -2.40. The van der Waals surface area contributed by atoms with Gasteiger partial charge in [0.2, 0.25) is 5.91 Å². The van der Waals surface area contributed by atoms with Gasteiger partial charge in [-0.3, -0.25) is 4.79 Å². The van der Waals surface area contributed by atoms with Crippen LogP contribution in [0.5, 0.6) is 0 Å². The van der Waals surface area contributed by atoms with Crippen molar-refractivity contribution in [3.05, 3.63) is 0 Å². The van der Waals surface area contributed by atoms with E-state index in [2.05, 4.69) is 13.8 Å². The van der Waals surface area contributed by atoms with Gasteiger partial charge in [-0.2, -0.15) is 0 Å². The zero-order valence-electron chi connectivity index (χ0n) is 9.19. The third-order valence-electron chi connectivity index (χ3n) is 3.62. The lowest BCUT2D eigenvalue weighted by molar-refractivity contribution is -0.145. The van der Waals surface area contributed by atoms with Crippen molar-refractivity contribution in [3.8, 4) is 0 Å². The number of nitrogens with zero attached hydrogens (tertiary/aromatic N) is 1. The molecule has 2 fully saturated rings. The fraction of sp³-hybridized carbons (Fsp3) is 0.909. The second-order valence-corrected chi connectivity index (χ2v) is 4.80. The first kappa shape index (κ1) is 9.97. The zero-order valence-corrected chi connectivity index (χ0v) is 9.19. The number of piperidine rings is 1. The number of hydrogen-bond donors (Lipinski definition) is 0. The Hall–Kier alpha value is -0.570. The van der Waals surface area contributed by atoms with Gasteiger partial charge in [-0.25, -0.2) is 0 Å². The average Bonchev–Trinajstić information content (AvgIpc) is 2.58. The van der Waals surface area contributed by atoms with Crippen LogP contribution < -0.4 is 0 Å². The van der Waals surface area contributed by atoms with Gasteiger partial charge in [-0.05, 0) is 18.8 Å². The molecule has 0 aromatic heterocycles. The van der Waals surface area contributed by atoms with Crippen molar-refractivity contribution in [3.63, 3.8) is 0 Å². The summed E-state index contributed by atoms with van der Waals surface area (Å²) in [5.74, 6) is 0.960. The first-order valence-corrected chi connectivity index (χ1v) is 5.49. The van der Waals surface area contributed by atoms with Crippen molar-refractivity contribution < 1.29 is 9.53 Å². The Morgan fingerprint density at radius 1 is 1.50 bits per heavy atom. The molecule has 3 atom stereocenters. The molecule has 3 unspecified atom stereocenters. The van der Waals surface area contributed by atoms with Crippen molar-refractivity contribution >= 4 is 5.91 Å². The molecule has 0 aromatic rings. The molecule has 0 aliphatic carbocycles. The molecule has 0 spiro atoms. The highest BCUT2D eigenvalue weighted by Crippen LogP contribution is 2.34. The van der Waals surface area contributed by atoms with Gasteiger partial charge in [0.15, 0.2) is 0 Å². The Bertz CT molecular complexity index is 239. The molecule has 0 aromatic carbocycles. The summed E-state index contributed by atoms with van der Waals surface area (Å²) in [7, 11) is 1.93. The van der Waals surface area contributed by atoms with Crippen molar-refractivity contribution in [1.82, 2.24) is 4.90 Å². The van der Waals surface area contributed by atoms with Crippen LogP contribution in [-0.4, -0.2) is 36.6 Å². The van der Waals surface area contributed by atoms with E-state index in [1.165, 1.54) is 0 Å². The fourth-order valence-corrected chi connectivity index (χ4v) is 2.70. The summed E-state index contributed by atoms with van der Waals surface area (Å²) < 4.78 is 5.61. The normalized spacial score (nSPS) is 37.9. The number of hydrogen-bond acceptors (Lipinski definition) is 2. The third-order valence-corrected chi connectivity index (χ3v) is 3.62. The van der Waals surface area contributed by atoms with Gasteiger partial charge < -0.3 is 9.64 Å². The number of carbonyl (C=O) groups excluding carboxylic acids is 1. The molecule has 2 heterocycles. The second-order valence-electron chi connectivity index (χ2n) is 4.80. The molecule has 3 heteroatoms. The number of amides is 1. The van der Waals surface area contributed by atoms with E-state index >= 15 is 0 Å². The van der Waals surface area contributed by atoms with Crippen LogP contribution >= 0.6 is 0 Å². The van der Waals surface area contributed by atoms with Gasteiger partial charge in [0.05, 0.1) is 12.0 Å². The molecule has 2 rings (SSSR count). The predicted octanol–water partition coefficient (Wildman–Crippen LogP) is 1.28. The van der Waals surface area contributed by atoms with Gasteiger partial charge in [0.1, 0.15) is 0 Å². The molecule has 2 saturated heterocycles. The Morgan fingerprint density at radius 3 is 2.86 bits per heavy atom. The maximum atomic E-state index is 12.0. The van der Waals surface area contributed by atoms with Crippen LogP contribution in [0.2, 0.25) is 0 Å². The third kappa shape index (κ3) is 1.44. The van der Waals surface area contributed by atoms with Crippen molar-refractivity contribution in [2.24, 2.45) is 11.8 Å². The van der Waals surface area contributed by atoms with E-state index in [0.717, 1.165) is 19.4 Å². The number of likely N-dealkylation sites (tertiary alicyclic amines) is 1. The summed E-state index contributed by atoms with van der Waals surface area (Å²) in [6.07, 6.45) is 2.13. The quantitative estimate of drug-likeness (QED) is 0.633. The van der Waals surface area contributed by atoms with E-state index in [4.69, 9.17) is 4.74 Å². The average molecular weight is 197 g/mol.